The molecule has 0 bridgehead atoms. The number of rotatable bonds is 8. The summed E-state index contributed by atoms with van der Waals surface area (Å²) in [5.41, 5.74) is 0. The fraction of sp³-hybridized carbons (Fsp3) is 1.00. The van der Waals surface area contributed by atoms with Crippen molar-refractivity contribution in [1.82, 2.24) is 0 Å². The highest BCUT2D eigenvalue weighted by atomic mass is 16.7. The van der Waals surface area contributed by atoms with Gasteiger partial charge in [0, 0.05) is 13.5 Å². The van der Waals surface area contributed by atoms with Gasteiger partial charge in [0.05, 0.1) is 32.0 Å². The minimum Gasteiger partial charge on any atom is -0.394 e. The van der Waals surface area contributed by atoms with Crippen molar-refractivity contribution in [2.45, 2.75) is 92.4 Å². The van der Waals surface area contributed by atoms with Crippen LogP contribution in [0.2, 0.25) is 0 Å². The Hall–Kier alpha value is -0.600. The molecular formula is C19H34O15. The highest BCUT2D eigenvalue weighted by Crippen LogP contribution is 2.30. The average Bonchev–Trinajstić information content (AvgIpc) is 2.83. The lowest BCUT2D eigenvalue weighted by Gasteiger charge is -2.45. The predicted octanol–water partition coefficient (Wildman–Crippen LogP) is -5.89. The smallest absolute Gasteiger partial charge is 0.186 e. The Morgan fingerprint density at radius 1 is 0.676 bits per heavy atom. The van der Waals surface area contributed by atoms with Gasteiger partial charge in [0.15, 0.2) is 18.9 Å². The quantitative estimate of drug-likeness (QED) is 0.150. The van der Waals surface area contributed by atoms with Gasteiger partial charge in [-0.2, -0.15) is 0 Å². The van der Waals surface area contributed by atoms with E-state index >= 15 is 0 Å². The summed E-state index contributed by atoms with van der Waals surface area (Å²) in [4.78, 5) is 0. The second kappa shape index (κ2) is 12.1. The number of ether oxygens (including phenoxy) is 6. The molecule has 3 fully saturated rings. The van der Waals surface area contributed by atoms with Crippen molar-refractivity contribution >= 4 is 0 Å². The molecule has 3 aliphatic heterocycles. The van der Waals surface area contributed by atoms with E-state index in [1.54, 1.807) is 0 Å². The highest BCUT2D eigenvalue weighted by molar-refractivity contribution is 4.93. The van der Waals surface area contributed by atoms with Gasteiger partial charge in [-0.3, -0.25) is 0 Å². The molecule has 3 rings (SSSR count). The number of hydrogen-bond donors (Lipinski definition) is 9. The molecule has 0 aromatic carbocycles. The molecule has 0 radical (unpaired) electrons. The Morgan fingerprint density at radius 3 is 1.97 bits per heavy atom. The van der Waals surface area contributed by atoms with E-state index in [1.165, 1.54) is 7.11 Å². The van der Waals surface area contributed by atoms with Gasteiger partial charge >= 0.3 is 0 Å². The van der Waals surface area contributed by atoms with Gasteiger partial charge in [-0.15, -0.1) is 0 Å². The van der Waals surface area contributed by atoms with Crippen LogP contribution in [0.25, 0.3) is 0 Å². The van der Waals surface area contributed by atoms with Gasteiger partial charge < -0.3 is 74.4 Å². The van der Waals surface area contributed by atoms with E-state index in [9.17, 15) is 46.0 Å². The minimum atomic E-state index is -1.68. The normalized spacial score (nSPS) is 50.3. The fourth-order valence-corrected chi connectivity index (χ4v) is 4.09. The van der Waals surface area contributed by atoms with E-state index in [2.05, 4.69) is 0 Å². The van der Waals surface area contributed by atoms with Crippen molar-refractivity contribution in [3.63, 3.8) is 0 Å². The molecule has 3 saturated heterocycles. The molecule has 3 aliphatic rings. The van der Waals surface area contributed by atoms with Crippen molar-refractivity contribution in [3.8, 4) is 0 Å². The number of aliphatic hydroxyl groups is 9. The molecular weight excluding hydrogens is 468 g/mol. The van der Waals surface area contributed by atoms with Crippen molar-refractivity contribution in [2.75, 3.05) is 26.9 Å². The van der Waals surface area contributed by atoms with E-state index in [0.717, 1.165) is 0 Å². The van der Waals surface area contributed by atoms with Crippen LogP contribution in [0.4, 0.5) is 0 Å². The number of aliphatic hydroxyl groups excluding tert-OH is 9. The van der Waals surface area contributed by atoms with Gasteiger partial charge in [-0.1, -0.05) is 0 Å². The second-order valence-electron chi connectivity index (χ2n) is 8.49. The number of methoxy groups -OCH3 is 1. The first-order valence-corrected chi connectivity index (χ1v) is 10.9. The summed E-state index contributed by atoms with van der Waals surface area (Å²) in [6.45, 7) is -1.60. The molecule has 14 atom stereocenters. The van der Waals surface area contributed by atoms with E-state index in [4.69, 9.17) is 28.4 Å². The lowest BCUT2D eigenvalue weighted by Crippen LogP contribution is -2.63. The summed E-state index contributed by atoms with van der Waals surface area (Å²) in [5.74, 6) is 0. The van der Waals surface area contributed by atoms with Crippen molar-refractivity contribution in [2.24, 2.45) is 0 Å². The van der Waals surface area contributed by atoms with Gasteiger partial charge in [0.2, 0.25) is 0 Å². The van der Waals surface area contributed by atoms with Crippen LogP contribution in [0.1, 0.15) is 6.42 Å². The van der Waals surface area contributed by atoms with Gasteiger partial charge in [0.1, 0.15) is 54.9 Å². The molecule has 0 amide bonds. The van der Waals surface area contributed by atoms with Crippen LogP contribution in [0.3, 0.4) is 0 Å². The largest absolute Gasteiger partial charge is 0.394 e. The molecule has 0 aromatic rings. The van der Waals surface area contributed by atoms with Crippen LogP contribution in [0, 0.1) is 0 Å². The SMILES string of the molecule is CO[C@H]1O[C@H](CO[C@H]2O[C@H](CO)[C@@H](O)[C@H](O)[C@@H]2O)[C@@H](O)[C@H](O[C@H]2O[C@H](CO)C[C@H](O)[C@@H]2O)[C@@H]1O. The maximum absolute atomic E-state index is 10.8. The van der Waals surface area contributed by atoms with Crippen LogP contribution in [-0.2, 0) is 28.4 Å². The second-order valence-corrected chi connectivity index (χ2v) is 8.49. The molecule has 15 nitrogen and oxygen atoms in total. The van der Waals surface area contributed by atoms with Crippen LogP contribution in [0.15, 0.2) is 0 Å². The molecule has 0 unspecified atom stereocenters. The van der Waals surface area contributed by atoms with Gasteiger partial charge in [-0.25, -0.2) is 0 Å². The Labute approximate surface area is 194 Å². The zero-order valence-electron chi connectivity index (χ0n) is 18.4. The monoisotopic (exact) mass is 502 g/mol. The highest BCUT2D eigenvalue weighted by Gasteiger charge is 2.50. The van der Waals surface area contributed by atoms with Crippen LogP contribution in [0.5, 0.6) is 0 Å². The Balaban J connectivity index is 1.68. The lowest BCUT2D eigenvalue weighted by atomic mass is 9.97. The first kappa shape index (κ1) is 28.0. The van der Waals surface area contributed by atoms with Crippen LogP contribution >= 0.6 is 0 Å². The Bertz CT molecular complexity index is 625. The van der Waals surface area contributed by atoms with E-state index < -0.39 is 106 Å². The molecule has 34 heavy (non-hydrogen) atoms. The Kier molecular flexibility index (Phi) is 9.95. The molecule has 0 spiro atoms. The zero-order chi connectivity index (χ0) is 25.2. The zero-order valence-corrected chi connectivity index (χ0v) is 18.4. The summed E-state index contributed by atoms with van der Waals surface area (Å²) in [6.07, 6.45) is -20.1. The van der Waals surface area contributed by atoms with E-state index in [0.29, 0.717) is 0 Å². The lowest BCUT2D eigenvalue weighted by molar-refractivity contribution is -0.356. The molecule has 3 heterocycles. The standard InChI is InChI=1S/C19H34O15/c1-29-17-15(28)16(34-19-10(23)7(22)2-6(3-20)31-19)12(25)9(33-17)5-30-18-14(27)13(26)11(24)8(4-21)32-18/h6-28H,2-5H2,1H3/t6-,7-,8+,9+,10-,11+,12+,13-,14-,15-,16-,17-,18-,19+/m0/s1. The predicted molar refractivity (Wildman–Crippen MR) is 105 cm³/mol. The van der Waals surface area contributed by atoms with Gasteiger partial charge in [0.25, 0.3) is 0 Å². The minimum absolute atomic E-state index is 0.0489. The summed E-state index contributed by atoms with van der Waals surface area (Å²) < 4.78 is 32.2. The van der Waals surface area contributed by atoms with Crippen molar-refractivity contribution in [3.05, 3.63) is 0 Å². The summed E-state index contributed by atoms with van der Waals surface area (Å²) >= 11 is 0. The van der Waals surface area contributed by atoms with Crippen molar-refractivity contribution in [1.29, 1.82) is 0 Å². The third-order valence-electron chi connectivity index (χ3n) is 6.15. The first-order chi connectivity index (χ1) is 16.1. The molecule has 15 heteroatoms. The van der Waals surface area contributed by atoms with E-state index in [-0.39, 0.29) is 6.42 Å². The molecule has 0 aromatic heterocycles. The molecule has 9 N–H and O–H groups in total. The maximum Gasteiger partial charge on any atom is 0.186 e. The molecule has 200 valence electrons. The third-order valence-corrected chi connectivity index (χ3v) is 6.15. The topological polar surface area (TPSA) is 237 Å². The summed E-state index contributed by atoms with van der Waals surface area (Å²) in [7, 11) is 1.22. The van der Waals surface area contributed by atoms with Crippen LogP contribution in [-0.4, -0.2) is 159 Å². The summed E-state index contributed by atoms with van der Waals surface area (Å²) in [6, 6.07) is 0. The van der Waals surface area contributed by atoms with Crippen molar-refractivity contribution < 1.29 is 74.4 Å². The Morgan fingerprint density at radius 2 is 1.35 bits per heavy atom. The maximum atomic E-state index is 10.8. The van der Waals surface area contributed by atoms with Crippen LogP contribution < -0.4 is 0 Å². The molecule has 0 aliphatic carbocycles. The van der Waals surface area contributed by atoms with Gasteiger partial charge in [-0.05, 0) is 0 Å². The average molecular weight is 502 g/mol. The fourth-order valence-electron chi connectivity index (χ4n) is 4.09. The first-order valence-electron chi connectivity index (χ1n) is 10.9. The van der Waals surface area contributed by atoms with E-state index in [1.807, 2.05) is 0 Å². The third kappa shape index (κ3) is 5.86. The molecule has 0 saturated carbocycles. The summed E-state index contributed by atoms with van der Waals surface area (Å²) in [5, 5.41) is 89.9. The number of hydrogen-bond acceptors (Lipinski definition) is 15.